The number of rotatable bonds is 8. The number of aromatic nitrogens is 3. The highest BCUT2D eigenvalue weighted by molar-refractivity contribution is 14.0. The van der Waals surface area contributed by atoms with Crippen molar-refractivity contribution in [1.82, 2.24) is 25.8 Å². The van der Waals surface area contributed by atoms with Crippen LogP contribution in [-0.2, 0) is 11.3 Å². The summed E-state index contributed by atoms with van der Waals surface area (Å²) >= 11 is 0. The number of nitrogens with one attached hydrogen (secondary N) is 3. The summed E-state index contributed by atoms with van der Waals surface area (Å²) in [6, 6.07) is 8.12. The third-order valence-electron chi connectivity index (χ3n) is 3.20. The van der Waals surface area contributed by atoms with Crippen molar-refractivity contribution in [2.75, 3.05) is 26.8 Å². The maximum absolute atomic E-state index is 5.05. The standard InChI is InChI=1S/C16H24N6O.HI/c1-3-17-16(18-8-5-9-23-2)19-11-13-6-4-7-14(10-13)15-20-12-21-22-15;/h4,6-7,10,12H,3,5,8-9,11H2,1-2H3,(H2,17,18,19)(H,20,21,22);1H. The first-order chi connectivity index (χ1) is 11.3. The molecule has 0 aliphatic carbocycles. The van der Waals surface area contributed by atoms with Crippen molar-refractivity contribution >= 4 is 29.9 Å². The molecule has 0 amide bonds. The Morgan fingerprint density at radius 3 is 2.92 bits per heavy atom. The molecule has 0 aliphatic rings. The van der Waals surface area contributed by atoms with E-state index in [2.05, 4.69) is 49.9 Å². The third-order valence-corrected chi connectivity index (χ3v) is 3.20. The normalized spacial score (nSPS) is 11.0. The predicted molar refractivity (Wildman–Crippen MR) is 107 cm³/mol. The van der Waals surface area contributed by atoms with Crippen LogP contribution in [0, 0.1) is 0 Å². The minimum Gasteiger partial charge on any atom is -0.385 e. The zero-order valence-corrected chi connectivity index (χ0v) is 16.4. The summed E-state index contributed by atoms with van der Waals surface area (Å²) in [6.45, 7) is 5.05. The van der Waals surface area contributed by atoms with Gasteiger partial charge in [-0.05, 0) is 25.0 Å². The molecule has 0 saturated heterocycles. The lowest BCUT2D eigenvalue weighted by Crippen LogP contribution is -2.38. The van der Waals surface area contributed by atoms with Gasteiger partial charge in [-0.25, -0.2) is 9.98 Å². The Bertz CT molecular complexity index is 602. The molecular formula is C16H25IN6O. The molecule has 0 saturated carbocycles. The van der Waals surface area contributed by atoms with Crippen LogP contribution >= 0.6 is 24.0 Å². The van der Waals surface area contributed by atoms with Gasteiger partial charge in [0, 0.05) is 32.4 Å². The molecule has 0 atom stereocenters. The maximum atomic E-state index is 5.05. The molecule has 2 rings (SSSR count). The number of hydrogen-bond acceptors (Lipinski definition) is 4. The average molecular weight is 444 g/mol. The second-order valence-electron chi connectivity index (χ2n) is 5.00. The molecule has 3 N–H and O–H groups in total. The van der Waals surface area contributed by atoms with Gasteiger partial charge in [-0.1, -0.05) is 18.2 Å². The van der Waals surface area contributed by atoms with Crippen molar-refractivity contribution in [1.29, 1.82) is 0 Å². The van der Waals surface area contributed by atoms with Crippen molar-refractivity contribution in [2.45, 2.75) is 19.9 Å². The molecule has 1 aromatic carbocycles. The molecule has 1 aromatic heterocycles. The molecule has 0 unspecified atom stereocenters. The van der Waals surface area contributed by atoms with Crippen LogP contribution in [0.5, 0.6) is 0 Å². The van der Waals surface area contributed by atoms with Crippen molar-refractivity contribution in [3.8, 4) is 11.4 Å². The van der Waals surface area contributed by atoms with Crippen molar-refractivity contribution in [2.24, 2.45) is 4.99 Å². The first kappa shape index (κ1) is 20.4. The second-order valence-corrected chi connectivity index (χ2v) is 5.00. The van der Waals surface area contributed by atoms with Crippen LogP contribution in [0.15, 0.2) is 35.6 Å². The summed E-state index contributed by atoms with van der Waals surface area (Å²) < 4.78 is 5.05. The minimum absolute atomic E-state index is 0. The third kappa shape index (κ3) is 6.83. The maximum Gasteiger partial charge on any atom is 0.191 e. The molecule has 0 radical (unpaired) electrons. The molecule has 2 aromatic rings. The Balaban J connectivity index is 0.00000288. The predicted octanol–water partition coefficient (Wildman–Crippen LogP) is 2.18. The number of hydrogen-bond donors (Lipinski definition) is 3. The number of guanidine groups is 1. The quantitative estimate of drug-likeness (QED) is 0.252. The van der Waals surface area contributed by atoms with Crippen LogP contribution in [0.4, 0.5) is 0 Å². The number of benzene rings is 1. The molecule has 0 spiro atoms. The van der Waals surface area contributed by atoms with E-state index in [1.54, 1.807) is 7.11 Å². The van der Waals surface area contributed by atoms with E-state index in [1.165, 1.54) is 6.33 Å². The van der Waals surface area contributed by atoms with Crippen LogP contribution < -0.4 is 10.6 Å². The fraction of sp³-hybridized carbons (Fsp3) is 0.438. The molecule has 1 heterocycles. The van der Waals surface area contributed by atoms with E-state index in [-0.39, 0.29) is 24.0 Å². The van der Waals surface area contributed by atoms with Gasteiger partial charge in [0.25, 0.3) is 0 Å². The number of nitrogens with zero attached hydrogens (tertiary/aromatic N) is 3. The van der Waals surface area contributed by atoms with E-state index in [0.717, 1.165) is 49.0 Å². The highest BCUT2D eigenvalue weighted by atomic mass is 127. The van der Waals surface area contributed by atoms with Gasteiger partial charge in [0.05, 0.1) is 6.54 Å². The van der Waals surface area contributed by atoms with E-state index in [9.17, 15) is 0 Å². The Kier molecular flexibility index (Phi) is 10.0. The molecule has 8 heteroatoms. The molecule has 0 fully saturated rings. The topological polar surface area (TPSA) is 87.2 Å². The molecule has 132 valence electrons. The van der Waals surface area contributed by atoms with Crippen LogP contribution in [0.25, 0.3) is 11.4 Å². The summed E-state index contributed by atoms with van der Waals surface area (Å²) in [5, 5.41) is 13.3. The number of H-pyrrole nitrogens is 1. The van der Waals surface area contributed by atoms with Crippen LogP contribution in [0.3, 0.4) is 0 Å². The second kappa shape index (κ2) is 11.8. The first-order valence-electron chi connectivity index (χ1n) is 7.79. The van der Waals surface area contributed by atoms with Gasteiger partial charge < -0.3 is 15.4 Å². The lowest BCUT2D eigenvalue weighted by Gasteiger charge is -2.11. The van der Waals surface area contributed by atoms with E-state index < -0.39 is 0 Å². The summed E-state index contributed by atoms with van der Waals surface area (Å²) in [5.41, 5.74) is 2.13. The lowest BCUT2D eigenvalue weighted by atomic mass is 10.1. The van der Waals surface area contributed by atoms with Gasteiger partial charge in [0.1, 0.15) is 6.33 Å². The summed E-state index contributed by atoms with van der Waals surface area (Å²) in [6.07, 6.45) is 2.45. The Morgan fingerprint density at radius 1 is 1.33 bits per heavy atom. The fourth-order valence-corrected chi connectivity index (χ4v) is 2.10. The minimum atomic E-state index is 0. The zero-order chi connectivity index (χ0) is 16.3. The van der Waals surface area contributed by atoms with E-state index in [0.29, 0.717) is 6.54 Å². The van der Waals surface area contributed by atoms with Gasteiger partial charge in [-0.2, -0.15) is 5.10 Å². The Hall–Kier alpha value is -1.68. The smallest absolute Gasteiger partial charge is 0.191 e. The first-order valence-corrected chi connectivity index (χ1v) is 7.79. The summed E-state index contributed by atoms with van der Waals surface area (Å²) in [7, 11) is 1.71. The van der Waals surface area contributed by atoms with E-state index in [1.807, 2.05) is 12.1 Å². The molecule has 7 nitrogen and oxygen atoms in total. The molecule has 0 aliphatic heterocycles. The van der Waals surface area contributed by atoms with Crippen LogP contribution in [0.1, 0.15) is 18.9 Å². The van der Waals surface area contributed by atoms with Crippen LogP contribution in [-0.4, -0.2) is 47.9 Å². The van der Waals surface area contributed by atoms with Gasteiger partial charge in [-0.15, -0.1) is 24.0 Å². The number of ether oxygens (including phenoxy) is 1. The number of methoxy groups -OCH3 is 1. The number of aliphatic imine (C=N–C) groups is 1. The summed E-state index contributed by atoms with van der Waals surface area (Å²) in [4.78, 5) is 8.78. The summed E-state index contributed by atoms with van der Waals surface area (Å²) in [5.74, 6) is 1.58. The zero-order valence-electron chi connectivity index (χ0n) is 14.1. The monoisotopic (exact) mass is 444 g/mol. The number of aromatic amines is 1. The van der Waals surface area contributed by atoms with Gasteiger partial charge >= 0.3 is 0 Å². The highest BCUT2D eigenvalue weighted by Gasteiger charge is 2.02. The lowest BCUT2D eigenvalue weighted by molar-refractivity contribution is 0.195. The van der Waals surface area contributed by atoms with E-state index in [4.69, 9.17) is 4.74 Å². The molecule has 0 bridgehead atoms. The fourth-order valence-electron chi connectivity index (χ4n) is 2.10. The van der Waals surface area contributed by atoms with Gasteiger partial charge in [0.2, 0.25) is 0 Å². The molecule has 24 heavy (non-hydrogen) atoms. The van der Waals surface area contributed by atoms with Crippen molar-refractivity contribution in [3.63, 3.8) is 0 Å². The van der Waals surface area contributed by atoms with Crippen LogP contribution in [0.2, 0.25) is 0 Å². The van der Waals surface area contributed by atoms with Crippen molar-refractivity contribution in [3.05, 3.63) is 36.2 Å². The average Bonchev–Trinajstić information content (AvgIpc) is 3.11. The molecular weight excluding hydrogens is 419 g/mol. The largest absolute Gasteiger partial charge is 0.385 e. The SMILES string of the molecule is CCNC(=NCc1cccc(-c2ncn[nH]2)c1)NCCCOC.I. The van der Waals surface area contributed by atoms with Crippen molar-refractivity contribution < 1.29 is 4.74 Å². The van der Waals surface area contributed by atoms with Gasteiger partial charge in [-0.3, -0.25) is 5.10 Å². The van der Waals surface area contributed by atoms with E-state index >= 15 is 0 Å². The number of halogens is 1. The Morgan fingerprint density at radius 2 is 2.21 bits per heavy atom. The Labute approximate surface area is 159 Å². The van der Waals surface area contributed by atoms with Gasteiger partial charge in [0.15, 0.2) is 11.8 Å². The highest BCUT2D eigenvalue weighted by Crippen LogP contribution is 2.15.